The van der Waals surface area contributed by atoms with Crippen LogP contribution in [0.1, 0.15) is 0 Å². The van der Waals surface area contributed by atoms with Crippen LogP contribution in [0.5, 0.6) is 0 Å². The van der Waals surface area contributed by atoms with Gasteiger partial charge in [-0.25, -0.2) is 0 Å². The van der Waals surface area contributed by atoms with Crippen molar-refractivity contribution in [3.05, 3.63) is 42.5 Å². The number of fused-ring (bicyclic) bond motifs is 1. The van der Waals surface area contributed by atoms with E-state index in [2.05, 4.69) is 0 Å². The first-order valence-corrected chi connectivity index (χ1v) is 3.85. The van der Waals surface area contributed by atoms with Gasteiger partial charge in [0, 0.05) is 0 Å². The van der Waals surface area contributed by atoms with E-state index in [-0.39, 0.29) is 0 Å². The van der Waals surface area contributed by atoms with Crippen LogP contribution in [0.15, 0.2) is 42.5 Å². The third-order valence-electron chi connectivity index (χ3n) is 1.95. The molecule has 1 nitrogen and oxygen atoms in total. The molecule has 0 fully saturated rings. The molecule has 0 amide bonds. The average Bonchev–Trinajstić information content (AvgIpc) is 2.17. The molecule has 0 aliphatic carbocycles. The minimum absolute atomic E-state index is 0.758. The van der Waals surface area contributed by atoms with Crippen LogP contribution in [0.2, 0.25) is 0 Å². The minimum atomic E-state index is 0.758. The predicted molar refractivity (Wildman–Crippen MR) is 50.0 cm³/mol. The van der Waals surface area contributed by atoms with Crippen LogP contribution in [-0.4, -0.2) is 7.15 Å². The van der Waals surface area contributed by atoms with Gasteiger partial charge in [0.1, 0.15) is 0 Å². The van der Waals surface area contributed by atoms with E-state index in [1.807, 2.05) is 42.5 Å². The van der Waals surface area contributed by atoms with Gasteiger partial charge in [0.2, 0.25) is 0 Å². The Morgan fingerprint density at radius 3 is 2.50 bits per heavy atom. The van der Waals surface area contributed by atoms with Crippen molar-refractivity contribution in [3.8, 4) is 0 Å². The van der Waals surface area contributed by atoms with Gasteiger partial charge in [0.25, 0.3) is 0 Å². The van der Waals surface area contributed by atoms with Crippen LogP contribution >= 0.6 is 0 Å². The van der Waals surface area contributed by atoms with Crippen molar-refractivity contribution in [2.45, 2.75) is 0 Å². The van der Waals surface area contributed by atoms with Gasteiger partial charge in [-0.2, -0.15) is 0 Å². The van der Waals surface area contributed by atoms with Crippen LogP contribution in [0.25, 0.3) is 10.8 Å². The van der Waals surface area contributed by atoms with Crippen molar-refractivity contribution >= 4 is 23.4 Å². The summed E-state index contributed by atoms with van der Waals surface area (Å²) >= 11 is 0. The SMILES string of the molecule is O=Bc1cccc2ccccc12. The van der Waals surface area contributed by atoms with Gasteiger partial charge < -0.3 is 0 Å². The van der Waals surface area contributed by atoms with Crippen LogP contribution in [0.3, 0.4) is 0 Å². The fraction of sp³-hybridized carbons (Fsp3) is 0. The third kappa shape index (κ3) is 1.05. The molecule has 0 aliphatic rings. The average molecular weight is 154 g/mol. The molecule has 0 aliphatic heterocycles. The second kappa shape index (κ2) is 2.90. The van der Waals surface area contributed by atoms with Crippen LogP contribution < -0.4 is 5.46 Å². The molecule has 0 radical (unpaired) electrons. The van der Waals surface area contributed by atoms with Gasteiger partial charge in [0.05, 0.1) is 0 Å². The van der Waals surface area contributed by atoms with Gasteiger partial charge in [-0.05, 0) is 0 Å². The van der Waals surface area contributed by atoms with E-state index in [0.717, 1.165) is 23.4 Å². The zero-order valence-corrected chi connectivity index (χ0v) is 6.53. The molecule has 0 heterocycles. The van der Waals surface area contributed by atoms with Gasteiger partial charge in [0.15, 0.2) is 0 Å². The molecule has 0 atom stereocenters. The Morgan fingerprint density at radius 2 is 1.67 bits per heavy atom. The first-order chi connectivity index (χ1) is 5.92. The Hall–Kier alpha value is -1.44. The fourth-order valence-corrected chi connectivity index (χ4v) is 1.35. The van der Waals surface area contributed by atoms with E-state index in [1.54, 1.807) is 0 Å². The van der Waals surface area contributed by atoms with Crippen molar-refractivity contribution in [1.29, 1.82) is 0 Å². The molecule has 56 valence electrons. The summed E-state index contributed by atoms with van der Waals surface area (Å²) in [5.41, 5.74) is 0.758. The molecule has 12 heavy (non-hydrogen) atoms. The molecule has 0 saturated carbocycles. The Bertz CT molecular complexity index is 418. The van der Waals surface area contributed by atoms with E-state index in [4.69, 9.17) is 0 Å². The summed E-state index contributed by atoms with van der Waals surface area (Å²) in [7, 11) is 0.891. The number of hydrogen-bond acceptors (Lipinski definition) is 1. The molecule has 0 saturated heterocycles. The Morgan fingerprint density at radius 1 is 0.917 bits per heavy atom. The normalized spacial score (nSPS) is 9.67. The quantitative estimate of drug-likeness (QED) is 0.569. The maximum atomic E-state index is 10.6. The van der Waals surface area contributed by atoms with Crippen molar-refractivity contribution in [2.75, 3.05) is 0 Å². The van der Waals surface area contributed by atoms with Gasteiger partial charge in [-0.3, -0.25) is 0 Å². The molecule has 2 rings (SSSR count). The Kier molecular flexibility index (Phi) is 1.74. The van der Waals surface area contributed by atoms with Crippen LogP contribution in [0.4, 0.5) is 0 Å². The number of benzene rings is 2. The van der Waals surface area contributed by atoms with Crippen LogP contribution in [0, 0.1) is 0 Å². The molecule has 2 aromatic rings. The van der Waals surface area contributed by atoms with Gasteiger partial charge in [-0.15, -0.1) is 0 Å². The zero-order valence-electron chi connectivity index (χ0n) is 6.53. The van der Waals surface area contributed by atoms with Crippen molar-refractivity contribution in [1.82, 2.24) is 0 Å². The molecule has 0 bridgehead atoms. The molecular weight excluding hydrogens is 147 g/mol. The van der Waals surface area contributed by atoms with Crippen LogP contribution in [-0.2, 0) is 4.70 Å². The third-order valence-corrected chi connectivity index (χ3v) is 1.95. The summed E-state index contributed by atoms with van der Waals surface area (Å²) in [6.07, 6.45) is 0. The second-order valence-corrected chi connectivity index (χ2v) is 2.69. The van der Waals surface area contributed by atoms with E-state index >= 15 is 0 Å². The summed E-state index contributed by atoms with van der Waals surface area (Å²) in [6, 6.07) is 13.6. The van der Waals surface area contributed by atoms with E-state index in [1.165, 1.54) is 0 Å². The molecule has 2 heteroatoms. The summed E-state index contributed by atoms with van der Waals surface area (Å²) in [5.74, 6) is 0. The van der Waals surface area contributed by atoms with Crippen molar-refractivity contribution < 1.29 is 4.70 Å². The summed E-state index contributed by atoms with van der Waals surface area (Å²) < 4.78 is 10.6. The number of hydrogen-bond donors (Lipinski definition) is 0. The fourth-order valence-electron chi connectivity index (χ4n) is 1.35. The topological polar surface area (TPSA) is 17.1 Å². The molecule has 0 aromatic heterocycles. The van der Waals surface area contributed by atoms with E-state index < -0.39 is 0 Å². The molecule has 2 aromatic carbocycles. The Balaban J connectivity index is 2.88. The first-order valence-electron chi connectivity index (χ1n) is 3.85. The van der Waals surface area contributed by atoms with Crippen molar-refractivity contribution in [2.24, 2.45) is 0 Å². The molecular formula is C10H7BO. The summed E-state index contributed by atoms with van der Waals surface area (Å²) in [6.45, 7) is 0. The van der Waals surface area contributed by atoms with Gasteiger partial charge >= 0.3 is 70.6 Å². The number of rotatable bonds is 1. The summed E-state index contributed by atoms with van der Waals surface area (Å²) in [5, 5.41) is 2.14. The van der Waals surface area contributed by atoms with Crippen molar-refractivity contribution in [3.63, 3.8) is 0 Å². The molecule has 0 N–H and O–H groups in total. The second-order valence-electron chi connectivity index (χ2n) is 2.69. The standard InChI is InChI=1S/C10H7BO/c12-11-10-7-3-5-8-4-1-2-6-9(8)10/h1-7H. The Labute approximate surface area is 71.3 Å². The summed E-state index contributed by atoms with van der Waals surface area (Å²) in [4.78, 5) is 0. The molecule has 0 spiro atoms. The van der Waals surface area contributed by atoms with E-state index in [9.17, 15) is 4.70 Å². The van der Waals surface area contributed by atoms with Gasteiger partial charge in [-0.1, -0.05) is 0 Å². The predicted octanol–water partition coefficient (Wildman–Crippen LogP) is 1.51. The molecule has 0 unspecified atom stereocenters. The zero-order chi connectivity index (χ0) is 8.39. The van der Waals surface area contributed by atoms with E-state index in [0.29, 0.717) is 0 Å². The first kappa shape index (κ1) is 7.23. The monoisotopic (exact) mass is 154 g/mol. The maximum absolute atomic E-state index is 10.6.